The molecule has 1 aromatic rings. The van der Waals surface area contributed by atoms with E-state index in [1.54, 1.807) is 6.20 Å². The van der Waals surface area contributed by atoms with Crippen LogP contribution in [0.5, 0.6) is 0 Å². The Kier molecular flexibility index (Phi) is 2.96. The highest BCUT2D eigenvalue weighted by Crippen LogP contribution is 2.26. The van der Waals surface area contributed by atoms with Gasteiger partial charge in [-0.1, -0.05) is 13.8 Å². The average molecular weight is 196 g/mol. The molecule has 0 bridgehead atoms. The van der Waals surface area contributed by atoms with Crippen molar-refractivity contribution in [3.8, 4) is 0 Å². The van der Waals surface area contributed by atoms with Crippen molar-refractivity contribution in [1.29, 1.82) is 0 Å². The summed E-state index contributed by atoms with van der Waals surface area (Å²) in [4.78, 5) is 14.2. The van der Waals surface area contributed by atoms with Crippen LogP contribution in [0.3, 0.4) is 0 Å². The second-order valence-electron chi connectivity index (χ2n) is 3.82. The molecule has 0 saturated carbocycles. The van der Waals surface area contributed by atoms with Gasteiger partial charge in [-0.3, -0.25) is 4.79 Å². The SMILES string of the molecule is COC(=O)C(N)C(C)(C)c1cc[nH]c1. The molecule has 0 aliphatic carbocycles. The number of aromatic nitrogens is 1. The summed E-state index contributed by atoms with van der Waals surface area (Å²) in [6, 6.07) is 1.26. The molecule has 78 valence electrons. The van der Waals surface area contributed by atoms with Crippen molar-refractivity contribution in [3.05, 3.63) is 24.0 Å². The fourth-order valence-corrected chi connectivity index (χ4v) is 1.33. The van der Waals surface area contributed by atoms with E-state index in [2.05, 4.69) is 9.72 Å². The maximum atomic E-state index is 11.3. The molecule has 1 heterocycles. The molecule has 0 saturated heterocycles. The summed E-state index contributed by atoms with van der Waals surface area (Å²) in [5.41, 5.74) is 6.38. The van der Waals surface area contributed by atoms with Gasteiger partial charge in [0, 0.05) is 17.8 Å². The van der Waals surface area contributed by atoms with E-state index >= 15 is 0 Å². The molecule has 0 aromatic carbocycles. The number of methoxy groups -OCH3 is 1. The van der Waals surface area contributed by atoms with Crippen molar-refractivity contribution in [2.24, 2.45) is 5.73 Å². The van der Waals surface area contributed by atoms with E-state index < -0.39 is 17.4 Å². The highest BCUT2D eigenvalue weighted by atomic mass is 16.5. The maximum absolute atomic E-state index is 11.3. The smallest absolute Gasteiger partial charge is 0.323 e. The summed E-state index contributed by atoms with van der Waals surface area (Å²) in [6.07, 6.45) is 3.64. The third-order valence-corrected chi connectivity index (χ3v) is 2.57. The predicted octanol–water partition coefficient (Wildman–Crippen LogP) is 0.793. The van der Waals surface area contributed by atoms with Crippen LogP contribution in [-0.4, -0.2) is 24.1 Å². The van der Waals surface area contributed by atoms with Gasteiger partial charge >= 0.3 is 5.97 Å². The number of carbonyl (C=O) groups is 1. The number of H-pyrrole nitrogens is 1. The lowest BCUT2D eigenvalue weighted by Gasteiger charge is -2.28. The Morgan fingerprint density at radius 2 is 2.29 bits per heavy atom. The van der Waals surface area contributed by atoms with Crippen LogP contribution in [0, 0.1) is 0 Å². The third kappa shape index (κ3) is 1.80. The van der Waals surface area contributed by atoms with Crippen LogP contribution in [0.1, 0.15) is 19.4 Å². The zero-order valence-corrected chi connectivity index (χ0v) is 8.70. The maximum Gasteiger partial charge on any atom is 0.323 e. The minimum absolute atomic E-state index is 0.392. The Morgan fingerprint density at radius 1 is 1.64 bits per heavy atom. The van der Waals surface area contributed by atoms with Crippen LogP contribution >= 0.6 is 0 Å². The number of carbonyl (C=O) groups excluding carboxylic acids is 1. The van der Waals surface area contributed by atoms with Gasteiger partial charge < -0.3 is 15.5 Å². The molecule has 0 aliphatic rings. The molecule has 4 heteroatoms. The monoisotopic (exact) mass is 196 g/mol. The molecule has 1 unspecified atom stereocenters. The lowest BCUT2D eigenvalue weighted by molar-refractivity contribution is -0.143. The minimum atomic E-state index is -0.650. The average Bonchev–Trinajstić information content (AvgIpc) is 2.68. The van der Waals surface area contributed by atoms with Crippen molar-refractivity contribution in [1.82, 2.24) is 4.98 Å². The minimum Gasteiger partial charge on any atom is -0.468 e. The molecule has 14 heavy (non-hydrogen) atoms. The lowest BCUT2D eigenvalue weighted by atomic mass is 9.79. The highest BCUT2D eigenvalue weighted by Gasteiger charge is 2.34. The van der Waals surface area contributed by atoms with Crippen molar-refractivity contribution >= 4 is 5.97 Å². The van der Waals surface area contributed by atoms with Crippen molar-refractivity contribution in [3.63, 3.8) is 0 Å². The fraction of sp³-hybridized carbons (Fsp3) is 0.500. The van der Waals surface area contributed by atoms with Crippen LogP contribution < -0.4 is 5.73 Å². The van der Waals surface area contributed by atoms with Crippen LogP contribution in [-0.2, 0) is 14.9 Å². The summed E-state index contributed by atoms with van der Waals surface area (Å²) < 4.78 is 4.62. The zero-order chi connectivity index (χ0) is 10.8. The summed E-state index contributed by atoms with van der Waals surface area (Å²) in [6.45, 7) is 3.83. The van der Waals surface area contributed by atoms with Crippen molar-refractivity contribution < 1.29 is 9.53 Å². The Morgan fingerprint density at radius 3 is 2.71 bits per heavy atom. The first-order valence-electron chi connectivity index (χ1n) is 4.47. The lowest BCUT2D eigenvalue weighted by Crippen LogP contribution is -2.47. The van der Waals surface area contributed by atoms with E-state index in [4.69, 9.17) is 5.73 Å². The van der Waals surface area contributed by atoms with E-state index in [-0.39, 0.29) is 0 Å². The third-order valence-electron chi connectivity index (χ3n) is 2.57. The molecule has 1 atom stereocenters. The number of hydrogen-bond donors (Lipinski definition) is 2. The number of hydrogen-bond acceptors (Lipinski definition) is 3. The standard InChI is InChI=1S/C10H16N2O2/c1-10(2,7-4-5-12-6-7)8(11)9(13)14-3/h4-6,8,12H,11H2,1-3H3. The fourth-order valence-electron chi connectivity index (χ4n) is 1.33. The molecular weight excluding hydrogens is 180 g/mol. The van der Waals surface area contributed by atoms with Gasteiger partial charge in [0.25, 0.3) is 0 Å². The summed E-state index contributed by atoms with van der Waals surface area (Å²) in [7, 11) is 1.34. The van der Waals surface area contributed by atoms with Crippen molar-refractivity contribution in [2.45, 2.75) is 25.3 Å². The molecule has 0 aliphatic heterocycles. The van der Waals surface area contributed by atoms with Crippen LogP contribution in [0.15, 0.2) is 18.5 Å². The Hall–Kier alpha value is -1.29. The number of esters is 1. The molecule has 1 rings (SSSR count). The van der Waals surface area contributed by atoms with Gasteiger partial charge in [-0.15, -0.1) is 0 Å². The molecule has 4 nitrogen and oxygen atoms in total. The number of nitrogens with one attached hydrogen (secondary N) is 1. The van der Waals surface area contributed by atoms with Gasteiger partial charge in [-0.2, -0.15) is 0 Å². The molecule has 0 spiro atoms. The van der Waals surface area contributed by atoms with Gasteiger partial charge in [0.15, 0.2) is 0 Å². The van der Waals surface area contributed by atoms with E-state index in [9.17, 15) is 4.79 Å². The summed E-state index contributed by atoms with van der Waals surface area (Å²) in [5, 5.41) is 0. The summed E-state index contributed by atoms with van der Waals surface area (Å²) in [5.74, 6) is -0.392. The Bertz CT molecular complexity index is 304. The molecular formula is C10H16N2O2. The molecule has 0 radical (unpaired) electrons. The van der Waals surface area contributed by atoms with Gasteiger partial charge in [0.05, 0.1) is 7.11 Å². The first-order valence-corrected chi connectivity index (χ1v) is 4.47. The van der Waals surface area contributed by atoms with E-state index in [1.807, 2.05) is 26.1 Å². The first kappa shape index (κ1) is 10.8. The van der Waals surface area contributed by atoms with E-state index in [0.29, 0.717) is 0 Å². The van der Waals surface area contributed by atoms with Gasteiger partial charge in [0.1, 0.15) is 6.04 Å². The quantitative estimate of drug-likeness (QED) is 0.702. The first-order chi connectivity index (χ1) is 6.50. The number of ether oxygens (including phenoxy) is 1. The largest absolute Gasteiger partial charge is 0.468 e. The summed E-state index contributed by atoms with van der Waals surface area (Å²) >= 11 is 0. The zero-order valence-electron chi connectivity index (χ0n) is 8.70. The molecule has 3 N–H and O–H groups in total. The van der Waals surface area contributed by atoms with Crippen LogP contribution in [0.4, 0.5) is 0 Å². The Labute approximate surface area is 83.4 Å². The molecule has 0 amide bonds. The topological polar surface area (TPSA) is 68.1 Å². The van der Waals surface area contributed by atoms with E-state index in [1.165, 1.54) is 7.11 Å². The number of rotatable bonds is 3. The highest BCUT2D eigenvalue weighted by molar-refractivity contribution is 5.77. The van der Waals surface area contributed by atoms with Gasteiger partial charge in [0.2, 0.25) is 0 Å². The predicted molar refractivity (Wildman–Crippen MR) is 53.8 cm³/mol. The van der Waals surface area contributed by atoms with Crippen LogP contribution in [0.25, 0.3) is 0 Å². The van der Waals surface area contributed by atoms with Gasteiger partial charge in [-0.05, 0) is 11.6 Å². The number of nitrogens with two attached hydrogens (primary N) is 1. The van der Waals surface area contributed by atoms with Crippen LogP contribution in [0.2, 0.25) is 0 Å². The molecule has 0 fully saturated rings. The number of aromatic amines is 1. The van der Waals surface area contributed by atoms with E-state index in [0.717, 1.165) is 5.56 Å². The molecule has 1 aromatic heterocycles. The second-order valence-corrected chi connectivity index (χ2v) is 3.82. The van der Waals surface area contributed by atoms with Crippen molar-refractivity contribution in [2.75, 3.05) is 7.11 Å². The van der Waals surface area contributed by atoms with Gasteiger partial charge in [-0.25, -0.2) is 0 Å². The normalized spacial score (nSPS) is 13.7. The Balaban J connectivity index is 2.90. The second kappa shape index (κ2) is 3.84.